The minimum absolute atomic E-state index is 0.0172. The maximum absolute atomic E-state index is 12.1. The highest BCUT2D eigenvalue weighted by atomic mass is 79.9. The average Bonchev–Trinajstić information content (AvgIpc) is 2.76. The predicted octanol–water partition coefficient (Wildman–Crippen LogP) is 4.05. The van der Waals surface area contributed by atoms with E-state index in [1.54, 1.807) is 0 Å². The Hall–Kier alpha value is -0.350. The molecule has 0 heterocycles. The van der Waals surface area contributed by atoms with Crippen molar-refractivity contribution in [3.63, 3.8) is 0 Å². The van der Waals surface area contributed by atoms with Crippen LogP contribution >= 0.6 is 31.9 Å². The lowest BCUT2D eigenvalue weighted by molar-refractivity contribution is 0.0946. The molecule has 0 radical (unpaired) electrons. The van der Waals surface area contributed by atoms with Crippen molar-refractivity contribution >= 4 is 37.8 Å². The van der Waals surface area contributed by atoms with Crippen LogP contribution in [0.3, 0.4) is 0 Å². The lowest BCUT2D eigenvalue weighted by Gasteiger charge is -2.12. The highest BCUT2D eigenvalue weighted by Crippen LogP contribution is 2.30. The molecule has 4 heteroatoms. The van der Waals surface area contributed by atoms with Gasteiger partial charge in [0, 0.05) is 15.8 Å². The standard InChI is InChI=1S/C14H17Br2NO/c1-9-3-2-4-12(13(9)16)14(18)17-8-10-5-6-11(15)7-10/h2-4,10-11H,5-8H2,1H3,(H,17,18). The zero-order valence-corrected chi connectivity index (χ0v) is 13.6. The number of rotatable bonds is 3. The summed E-state index contributed by atoms with van der Waals surface area (Å²) in [5.41, 5.74) is 1.81. The number of carbonyl (C=O) groups excluding carboxylic acids is 1. The summed E-state index contributed by atoms with van der Waals surface area (Å²) in [6.45, 7) is 2.77. The van der Waals surface area contributed by atoms with E-state index in [0.717, 1.165) is 28.6 Å². The molecule has 0 aromatic heterocycles. The number of benzene rings is 1. The molecule has 1 aliphatic carbocycles. The first-order chi connectivity index (χ1) is 8.58. The first-order valence-corrected chi connectivity index (χ1v) is 7.96. The largest absolute Gasteiger partial charge is 0.352 e. The fourth-order valence-corrected chi connectivity index (χ4v) is 3.59. The average molecular weight is 375 g/mol. The Kier molecular flexibility index (Phi) is 4.84. The van der Waals surface area contributed by atoms with E-state index in [9.17, 15) is 4.79 Å². The van der Waals surface area contributed by atoms with Crippen molar-refractivity contribution in [2.75, 3.05) is 6.54 Å². The Morgan fingerprint density at radius 3 is 2.89 bits per heavy atom. The van der Waals surface area contributed by atoms with Crippen LogP contribution in [0.4, 0.5) is 0 Å². The van der Waals surface area contributed by atoms with Crippen molar-refractivity contribution in [2.24, 2.45) is 5.92 Å². The lowest BCUT2D eigenvalue weighted by atomic mass is 10.1. The first kappa shape index (κ1) is 14.1. The van der Waals surface area contributed by atoms with Gasteiger partial charge in [-0.3, -0.25) is 4.79 Å². The van der Waals surface area contributed by atoms with Gasteiger partial charge >= 0.3 is 0 Å². The molecule has 0 saturated heterocycles. The third-order valence-corrected chi connectivity index (χ3v) is 5.35. The zero-order chi connectivity index (χ0) is 13.1. The van der Waals surface area contributed by atoms with Gasteiger partial charge in [-0.25, -0.2) is 0 Å². The van der Waals surface area contributed by atoms with Gasteiger partial charge < -0.3 is 5.32 Å². The molecule has 98 valence electrons. The minimum Gasteiger partial charge on any atom is -0.352 e. The zero-order valence-electron chi connectivity index (χ0n) is 10.4. The van der Waals surface area contributed by atoms with Crippen LogP contribution in [0.1, 0.15) is 35.2 Å². The second-order valence-corrected chi connectivity index (χ2v) is 7.01. The number of nitrogens with one attached hydrogen (secondary N) is 1. The predicted molar refractivity (Wildman–Crippen MR) is 81.3 cm³/mol. The van der Waals surface area contributed by atoms with E-state index in [2.05, 4.69) is 37.2 Å². The van der Waals surface area contributed by atoms with Crippen molar-refractivity contribution in [2.45, 2.75) is 31.0 Å². The number of hydrogen-bond donors (Lipinski definition) is 1. The van der Waals surface area contributed by atoms with Crippen LogP contribution in [0.15, 0.2) is 22.7 Å². The molecule has 18 heavy (non-hydrogen) atoms. The Bertz CT molecular complexity index is 447. The summed E-state index contributed by atoms with van der Waals surface area (Å²) < 4.78 is 0.896. The summed E-state index contributed by atoms with van der Waals surface area (Å²) in [4.78, 5) is 12.7. The number of amides is 1. The topological polar surface area (TPSA) is 29.1 Å². The van der Waals surface area contributed by atoms with Crippen molar-refractivity contribution in [3.05, 3.63) is 33.8 Å². The molecule has 1 saturated carbocycles. The van der Waals surface area contributed by atoms with Crippen molar-refractivity contribution < 1.29 is 4.79 Å². The van der Waals surface area contributed by atoms with Gasteiger partial charge in [-0.1, -0.05) is 28.1 Å². The van der Waals surface area contributed by atoms with Crippen molar-refractivity contribution in [3.8, 4) is 0 Å². The molecular weight excluding hydrogens is 358 g/mol. The fraction of sp³-hybridized carbons (Fsp3) is 0.500. The highest BCUT2D eigenvalue weighted by Gasteiger charge is 2.23. The van der Waals surface area contributed by atoms with Gasteiger partial charge in [0.2, 0.25) is 0 Å². The second kappa shape index (κ2) is 6.20. The Morgan fingerprint density at radius 2 is 2.22 bits per heavy atom. The van der Waals surface area contributed by atoms with Crippen LogP contribution in [0.2, 0.25) is 0 Å². The smallest absolute Gasteiger partial charge is 0.252 e. The van der Waals surface area contributed by atoms with Crippen LogP contribution in [0.5, 0.6) is 0 Å². The van der Waals surface area contributed by atoms with E-state index in [4.69, 9.17) is 0 Å². The lowest BCUT2D eigenvalue weighted by Crippen LogP contribution is -2.28. The molecule has 2 rings (SSSR count). The van der Waals surface area contributed by atoms with E-state index in [-0.39, 0.29) is 5.91 Å². The monoisotopic (exact) mass is 373 g/mol. The van der Waals surface area contributed by atoms with Gasteiger partial charge in [0.1, 0.15) is 0 Å². The number of alkyl halides is 1. The molecule has 1 aliphatic rings. The SMILES string of the molecule is Cc1cccc(C(=O)NCC2CCC(Br)C2)c1Br. The number of aryl methyl sites for hydroxylation is 1. The van der Waals surface area contributed by atoms with E-state index in [0.29, 0.717) is 10.7 Å². The van der Waals surface area contributed by atoms with E-state index in [1.807, 2.05) is 25.1 Å². The Balaban J connectivity index is 1.94. The maximum Gasteiger partial charge on any atom is 0.252 e. The van der Waals surface area contributed by atoms with Crippen molar-refractivity contribution in [1.82, 2.24) is 5.32 Å². The van der Waals surface area contributed by atoms with Gasteiger partial charge in [0.05, 0.1) is 5.56 Å². The molecule has 1 fully saturated rings. The number of halogens is 2. The molecule has 0 spiro atoms. The van der Waals surface area contributed by atoms with E-state index in [1.165, 1.54) is 12.8 Å². The Morgan fingerprint density at radius 1 is 1.44 bits per heavy atom. The van der Waals surface area contributed by atoms with Crippen LogP contribution < -0.4 is 5.32 Å². The second-order valence-electron chi connectivity index (χ2n) is 4.92. The minimum atomic E-state index is 0.0172. The normalized spacial score (nSPS) is 23.1. The quantitative estimate of drug-likeness (QED) is 0.794. The molecule has 1 aromatic rings. The van der Waals surface area contributed by atoms with E-state index >= 15 is 0 Å². The first-order valence-electron chi connectivity index (χ1n) is 6.25. The summed E-state index contributed by atoms with van der Waals surface area (Å²) in [7, 11) is 0. The van der Waals surface area contributed by atoms with Crippen molar-refractivity contribution in [1.29, 1.82) is 0 Å². The summed E-state index contributed by atoms with van der Waals surface area (Å²) >= 11 is 7.11. The molecule has 0 aliphatic heterocycles. The van der Waals surface area contributed by atoms with Crippen LogP contribution in [-0.4, -0.2) is 17.3 Å². The van der Waals surface area contributed by atoms with E-state index < -0.39 is 0 Å². The molecule has 2 nitrogen and oxygen atoms in total. The summed E-state index contributed by atoms with van der Waals surface area (Å²) in [5.74, 6) is 0.630. The fourth-order valence-electron chi connectivity index (χ4n) is 2.35. The molecule has 1 N–H and O–H groups in total. The summed E-state index contributed by atoms with van der Waals surface area (Å²) in [6.07, 6.45) is 3.58. The molecule has 1 amide bonds. The van der Waals surface area contributed by atoms with Crippen LogP contribution in [0.25, 0.3) is 0 Å². The summed E-state index contributed by atoms with van der Waals surface area (Å²) in [6, 6.07) is 5.76. The number of hydrogen-bond acceptors (Lipinski definition) is 1. The third kappa shape index (κ3) is 3.35. The molecule has 0 bridgehead atoms. The maximum atomic E-state index is 12.1. The van der Waals surface area contributed by atoms with Crippen LogP contribution in [-0.2, 0) is 0 Å². The molecule has 2 atom stereocenters. The third-order valence-electron chi connectivity index (χ3n) is 3.46. The molecular formula is C14H17Br2NO. The van der Waals surface area contributed by atoms with Crippen LogP contribution in [0, 0.1) is 12.8 Å². The molecule has 2 unspecified atom stereocenters. The molecule has 1 aromatic carbocycles. The van der Waals surface area contributed by atoms with Gasteiger partial charge in [0.25, 0.3) is 5.91 Å². The van der Waals surface area contributed by atoms with Gasteiger partial charge in [-0.05, 0) is 59.7 Å². The summed E-state index contributed by atoms with van der Waals surface area (Å²) in [5, 5.41) is 3.04. The highest BCUT2D eigenvalue weighted by molar-refractivity contribution is 9.10. The van der Waals surface area contributed by atoms with Gasteiger partial charge in [0.15, 0.2) is 0 Å². The van der Waals surface area contributed by atoms with Gasteiger partial charge in [-0.15, -0.1) is 0 Å². The number of carbonyl (C=O) groups is 1. The van der Waals surface area contributed by atoms with Gasteiger partial charge in [-0.2, -0.15) is 0 Å². The Labute approximate surface area is 125 Å².